The Hall–Kier alpha value is -4.21. The van der Waals surface area contributed by atoms with E-state index >= 15 is 0 Å². The number of halogens is 3. The summed E-state index contributed by atoms with van der Waals surface area (Å²) in [7, 11) is 0. The molecule has 2 atom stereocenters. The van der Waals surface area contributed by atoms with E-state index in [9.17, 15) is 22.8 Å². The van der Waals surface area contributed by atoms with E-state index < -0.39 is 35.9 Å². The summed E-state index contributed by atoms with van der Waals surface area (Å²) in [6.07, 6.45) is -5.84. The maximum atomic E-state index is 13.7. The molecule has 1 heterocycles. The molecular weight excluding hydrogens is 527 g/mol. The van der Waals surface area contributed by atoms with Crippen molar-refractivity contribution in [1.29, 1.82) is 0 Å². The van der Waals surface area contributed by atoms with Crippen LogP contribution >= 0.6 is 0 Å². The van der Waals surface area contributed by atoms with E-state index in [2.05, 4.69) is 0 Å². The highest BCUT2D eigenvalue weighted by molar-refractivity contribution is 5.73. The van der Waals surface area contributed by atoms with Gasteiger partial charge in [-0.1, -0.05) is 36.4 Å². The van der Waals surface area contributed by atoms with Crippen LogP contribution in [0.25, 0.3) is 0 Å². The number of nitrogens with zero attached hydrogens (tertiary/aromatic N) is 1. The van der Waals surface area contributed by atoms with Crippen molar-refractivity contribution in [2.75, 3.05) is 13.2 Å². The summed E-state index contributed by atoms with van der Waals surface area (Å²) in [6.45, 7) is 5.62. The van der Waals surface area contributed by atoms with Gasteiger partial charge in [-0.3, -0.25) is 9.69 Å². The Labute approximate surface area is 230 Å². The molecule has 1 fully saturated rings. The van der Waals surface area contributed by atoms with Gasteiger partial charge in [0.1, 0.15) is 11.9 Å². The molecular formula is C30H30F3NO6. The van der Waals surface area contributed by atoms with Crippen LogP contribution in [0.1, 0.15) is 49.1 Å². The lowest BCUT2D eigenvalue weighted by Gasteiger charge is -2.23. The Morgan fingerprint density at radius 1 is 0.950 bits per heavy atom. The summed E-state index contributed by atoms with van der Waals surface area (Å²) in [5.41, 5.74) is 0.611. The standard InChI is InChI=1S/C30H30F3NO6/c1-4-37-25-13-11-20(16-27(35)38-5-2)15-26(25)39-24-14-12-23(30(31,32)33)17-22(24)18-34-19(3)28(40-29(34)36)21-9-7-6-8-10-21/h6-15,17,19,28H,4-5,16,18H2,1-3H3. The Morgan fingerprint density at radius 3 is 2.35 bits per heavy atom. The van der Waals surface area contributed by atoms with Crippen LogP contribution in [-0.2, 0) is 33.4 Å². The van der Waals surface area contributed by atoms with Gasteiger partial charge >= 0.3 is 18.2 Å². The SMILES string of the molecule is CCOC(=O)Cc1ccc(OCC)c(Oc2ccc(C(F)(F)F)cc2CN2C(=O)OC(c3ccccc3)C2C)c1. The minimum atomic E-state index is -4.60. The summed E-state index contributed by atoms with van der Waals surface area (Å²) in [6, 6.07) is 16.7. The fourth-order valence-corrected chi connectivity index (χ4v) is 4.48. The molecule has 1 aliphatic heterocycles. The van der Waals surface area contributed by atoms with Gasteiger partial charge in [0.2, 0.25) is 0 Å². The van der Waals surface area contributed by atoms with Crippen LogP contribution in [0.5, 0.6) is 17.2 Å². The first-order chi connectivity index (χ1) is 19.1. The van der Waals surface area contributed by atoms with Crippen LogP contribution in [-0.4, -0.2) is 36.2 Å². The summed E-state index contributed by atoms with van der Waals surface area (Å²) in [5.74, 6) is 0.232. The lowest BCUT2D eigenvalue weighted by atomic mass is 10.0. The maximum Gasteiger partial charge on any atom is 0.416 e. The zero-order chi connectivity index (χ0) is 28.9. The molecule has 1 amide bonds. The average Bonchev–Trinajstić information content (AvgIpc) is 3.19. The zero-order valence-electron chi connectivity index (χ0n) is 22.4. The number of hydrogen-bond acceptors (Lipinski definition) is 6. The monoisotopic (exact) mass is 557 g/mol. The van der Waals surface area contributed by atoms with Gasteiger partial charge in [-0.25, -0.2) is 4.79 Å². The van der Waals surface area contributed by atoms with Crippen LogP contribution in [0.2, 0.25) is 0 Å². The third-order valence-electron chi connectivity index (χ3n) is 6.43. The number of hydrogen-bond donors (Lipinski definition) is 0. The number of rotatable bonds is 10. The van der Waals surface area contributed by atoms with Crippen LogP contribution < -0.4 is 9.47 Å². The number of esters is 1. The predicted molar refractivity (Wildman–Crippen MR) is 140 cm³/mol. The highest BCUT2D eigenvalue weighted by Gasteiger charge is 2.40. The minimum Gasteiger partial charge on any atom is -0.490 e. The van der Waals surface area contributed by atoms with Crippen LogP contribution in [0.3, 0.4) is 0 Å². The van der Waals surface area contributed by atoms with E-state index in [1.54, 1.807) is 39.0 Å². The number of carbonyl (C=O) groups is 2. The number of alkyl halides is 3. The summed E-state index contributed by atoms with van der Waals surface area (Å²) in [5, 5.41) is 0. The highest BCUT2D eigenvalue weighted by Crippen LogP contribution is 2.40. The fourth-order valence-electron chi connectivity index (χ4n) is 4.48. The lowest BCUT2D eigenvalue weighted by Crippen LogP contribution is -2.31. The number of benzene rings is 3. The van der Waals surface area contributed by atoms with Crippen molar-refractivity contribution in [3.63, 3.8) is 0 Å². The van der Waals surface area contributed by atoms with Gasteiger partial charge in [0.15, 0.2) is 11.5 Å². The van der Waals surface area contributed by atoms with Gasteiger partial charge in [0.05, 0.1) is 37.8 Å². The topological polar surface area (TPSA) is 74.3 Å². The van der Waals surface area contributed by atoms with Crippen LogP contribution in [0.15, 0.2) is 66.7 Å². The van der Waals surface area contributed by atoms with Crippen molar-refractivity contribution in [3.8, 4) is 17.2 Å². The maximum absolute atomic E-state index is 13.7. The van der Waals surface area contributed by atoms with Crippen molar-refractivity contribution in [2.24, 2.45) is 0 Å². The van der Waals surface area contributed by atoms with E-state index in [1.807, 2.05) is 30.3 Å². The van der Waals surface area contributed by atoms with Gasteiger partial charge in [-0.05, 0) is 62.2 Å². The Kier molecular flexibility index (Phi) is 8.86. The molecule has 3 aromatic rings. The molecule has 0 radical (unpaired) electrons. The van der Waals surface area contributed by atoms with E-state index in [0.717, 1.165) is 17.7 Å². The third-order valence-corrected chi connectivity index (χ3v) is 6.43. The number of amides is 1. The van der Waals surface area contributed by atoms with Crippen molar-refractivity contribution < 1.29 is 41.7 Å². The second-order valence-corrected chi connectivity index (χ2v) is 9.20. The summed E-state index contributed by atoms with van der Waals surface area (Å²) >= 11 is 0. The van der Waals surface area contributed by atoms with Gasteiger partial charge in [-0.15, -0.1) is 0 Å². The first-order valence-electron chi connectivity index (χ1n) is 12.9. The Bertz CT molecular complexity index is 1350. The quantitative estimate of drug-likeness (QED) is 0.248. The van der Waals surface area contributed by atoms with Gasteiger partial charge in [-0.2, -0.15) is 13.2 Å². The molecule has 0 saturated carbocycles. The smallest absolute Gasteiger partial charge is 0.416 e. The molecule has 212 valence electrons. The molecule has 0 bridgehead atoms. The molecule has 0 aliphatic carbocycles. The lowest BCUT2D eigenvalue weighted by molar-refractivity contribution is -0.142. The van der Waals surface area contributed by atoms with Crippen molar-refractivity contribution in [1.82, 2.24) is 4.90 Å². The van der Waals surface area contributed by atoms with E-state index in [4.69, 9.17) is 18.9 Å². The van der Waals surface area contributed by atoms with Gasteiger partial charge in [0, 0.05) is 5.56 Å². The number of carbonyl (C=O) groups excluding carboxylic acids is 2. The Balaban J connectivity index is 1.68. The highest BCUT2D eigenvalue weighted by atomic mass is 19.4. The molecule has 0 spiro atoms. The van der Waals surface area contributed by atoms with E-state index in [0.29, 0.717) is 17.9 Å². The predicted octanol–water partition coefficient (Wildman–Crippen LogP) is 7.08. The van der Waals surface area contributed by atoms with Crippen molar-refractivity contribution in [3.05, 3.63) is 89.0 Å². The molecule has 10 heteroatoms. The van der Waals surface area contributed by atoms with Crippen LogP contribution in [0, 0.1) is 0 Å². The number of ether oxygens (including phenoxy) is 4. The molecule has 1 aliphatic rings. The van der Waals surface area contributed by atoms with E-state index in [1.165, 1.54) is 11.0 Å². The first-order valence-corrected chi connectivity index (χ1v) is 12.9. The third kappa shape index (κ3) is 6.67. The Morgan fingerprint density at radius 2 is 1.68 bits per heavy atom. The molecule has 3 aromatic carbocycles. The van der Waals surface area contributed by atoms with Crippen molar-refractivity contribution >= 4 is 12.1 Å². The zero-order valence-corrected chi connectivity index (χ0v) is 22.4. The van der Waals surface area contributed by atoms with E-state index in [-0.39, 0.29) is 36.6 Å². The van der Waals surface area contributed by atoms with Crippen LogP contribution in [0.4, 0.5) is 18.0 Å². The van der Waals surface area contributed by atoms with Gasteiger partial charge in [0.25, 0.3) is 0 Å². The first kappa shape index (κ1) is 28.8. The molecule has 7 nitrogen and oxygen atoms in total. The average molecular weight is 558 g/mol. The van der Waals surface area contributed by atoms with Gasteiger partial charge < -0.3 is 18.9 Å². The largest absolute Gasteiger partial charge is 0.490 e. The molecule has 1 saturated heterocycles. The normalized spacial score (nSPS) is 16.9. The second-order valence-electron chi connectivity index (χ2n) is 9.20. The minimum absolute atomic E-state index is 0.0194. The molecule has 40 heavy (non-hydrogen) atoms. The molecule has 0 N–H and O–H groups in total. The fraction of sp³-hybridized carbons (Fsp3) is 0.333. The molecule has 2 unspecified atom stereocenters. The number of cyclic esters (lactones) is 1. The van der Waals surface area contributed by atoms with Crippen molar-refractivity contribution in [2.45, 2.75) is 52.1 Å². The molecule has 4 rings (SSSR count). The summed E-state index contributed by atoms with van der Waals surface area (Å²) in [4.78, 5) is 26.2. The summed E-state index contributed by atoms with van der Waals surface area (Å²) < 4.78 is 63.4. The second kappa shape index (κ2) is 12.3. The molecule has 0 aromatic heterocycles.